The highest BCUT2D eigenvalue weighted by Gasteiger charge is 1.99. The second-order valence-electron chi connectivity index (χ2n) is 3.60. The van der Waals surface area contributed by atoms with Crippen LogP contribution in [0.25, 0.3) is 0 Å². The van der Waals surface area contributed by atoms with Crippen LogP contribution in [0.2, 0.25) is 0 Å². The van der Waals surface area contributed by atoms with E-state index in [-0.39, 0.29) is 0 Å². The molecule has 0 radical (unpaired) electrons. The number of benzene rings is 1. The fourth-order valence-corrected chi connectivity index (χ4v) is 1.61. The van der Waals surface area contributed by atoms with Crippen LogP contribution < -0.4 is 4.74 Å². The SMILES string of the molecule is COCCN(C)CCOc1cccc(Br)c1. The van der Waals surface area contributed by atoms with Crippen molar-refractivity contribution in [1.82, 2.24) is 4.90 Å². The first-order chi connectivity index (χ1) is 7.72. The Kier molecular flexibility index (Phi) is 6.45. The number of hydrogen-bond donors (Lipinski definition) is 0. The summed E-state index contributed by atoms with van der Waals surface area (Å²) in [5.41, 5.74) is 0. The zero-order valence-corrected chi connectivity index (χ0v) is 11.4. The summed E-state index contributed by atoms with van der Waals surface area (Å²) in [6.45, 7) is 3.28. The minimum atomic E-state index is 0.691. The molecule has 1 aromatic carbocycles. The lowest BCUT2D eigenvalue weighted by Crippen LogP contribution is -2.27. The lowest BCUT2D eigenvalue weighted by atomic mass is 10.3. The van der Waals surface area contributed by atoms with Gasteiger partial charge < -0.3 is 14.4 Å². The fraction of sp³-hybridized carbons (Fsp3) is 0.500. The van der Waals surface area contributed by atoms with Crippen LogP contribution in [-0.4, -0.2) is 45.4 Å². The molecule has 0 aliphatic carbocycles. The van der Waals surface area contributed by atoms with Gasteiger partial charge >= 0.3 is 0 Å². The lowest BCUT2D eigenvalue weighted by molar-refractivity contribution is 0.150. The zero-order valence-electron chi connectivity index (χ0n) is 9.78. The number of ether oxygens (including phenoxy) is 2. The molecule has 3 nitrogen and oxygen atoms in total. The average molecular weight is 288 g/mol. The molecule has 1 aromatic rings. The maximum atomic E-state index is 5.62. The molecule has 0 aliphatic rings. The van der Waals surface area contributed by atoms with Crippen LogP contribution in [0, 0.1) is 0 Å². The fourth-order valence-electron chi connectivity index (χ4n) is 1.24. The van der Waals surface area contributed by atoms with Crippen molar-refractivity contribution in [3.63, 3.8) is 0 Å². The predicted molar refractivity (Wildman–Crippen MR) is 69.0 cm³/mol. The number of halogens is 1. The number of hydrogen-bond acceptors (Lipinski definition) is 3. The lowest BCUT2D eigenvalue weighted by Gasteiger charge is -2.16. The van der Waals surface area contributed by atoms with Crippen molar-refractivity contribution in [1.29, 1.82) is 0 Å². The Hall–Kier alpha value is -0.580. The number of likely N-dealkylation sites (N-methyl/N-ethyl adjacent to an activating group) is 1. The van der Waals surface area contributed by atoms with Gasteiger partial charge in [-0.15, -0.1) is 0 Å². The van der Waals surface area contributed by atoms with Crippen LogP contribution >= 0.6 is 15.9 Å². The summed E-state index contributed by atoms with van der Waals surface area (Å²) >= 11 is 3.41. The van der Waals surface area contributed by atoms with Crippen molar-refractivity contribution >= 4 is 15.9 Å². The van der Waals surface area contributed by atoms with E-state index in [2.05, 4.69) is 27.9 Å². The zero-order chi connectivity index (χ0) is 11.8. The third kappa shape index (κ3) is 5.49. The van der Waals surface area contributed by atoms with E-state index in [1.54, 1.807) is 7.11 Å². The van der Waals surface area contributed by atoms with Crippen LogP contribution in [-0.2, 0) is 4.74 Å². The molecule has 1 rings (SSSR count). The number of nitrogens with zero attached hydrogens (tertiary/aromatic N) is 1. The van der Waals surface area contributed by atoms with Crippen molar-refractivity contribution in [2.24, 2.45) is 0 Å². The maximum absolute atomic E-state index is 5.62. The Morgan fingerprint density at radius 3 is 2.69 bits per heavy atom. The van der Waals surface area contributed by atoms with Crippen molar-refractivity contribution in [3.05, 3.63) is 28.7 Å². The van der Waals surface area contributed by atoms with E-state index in [0.29, 0.717) is 6.61 Å². The van der Waals surface area contributed by atoms with Crippen molar-refractivity contribution in [2.45, 2.75) is 0 Å². The molecule has 0 saturated heterocycles. The summed E-state index contributed by atoms with van der Waals surface area (Å²) < 4.78 is 11.7. The highest BCUT2D eigenvalue weighted by Crippen LogP contribution is 2.17. The van der Waals surface area contributed by atoms with Gasteiger partial charge in [-0.1, -0.05) is 22.0 Å². The summed E-state index contributed by atoms with van der Waals surface area (Å²) in [6, 6.07) is 7.88. The smallest absolute Gasteiger partial charge is 0.120 e. The summed E-state index contributed by atoms with van der Waals surface area (Å²) in [5, 5.41) is 0. The van der Waals surface area contributed by atoms with Crippen molar-refractivity contribution in [2.75, 3.05) is 40.5 Å². The van der Waals surface area contributed by atoms with Gasteiger partial charge in [0.1, 0.15) is 12.4 Å². The Bertz CT molecular complexity index is 307. The molecule has 0 amide bonds. The van der Waals surface area contributed by atoms with Gasteiger partial charge in [-0.2, -0.15) is 0 Å². The second kappa shape index (κ2) is 7.65. The van der Waals surface area contributed by atoms with Gasteiger partial charge in [0.25, 0.3) is 0 Å². The van der Waals surface area contributed by atoms with Gasteiger partial charge in [-0.3, -0.25) is 0 Å². The van der Waals surface area contributed by atoms with Gasteiger partial charge in [-0.05, 0) is 25.2 Å². The van der Waals surface area contributed by atoms with Gasteiger partial charge in [-0.25, -0.2) is 0 Å². The summed E-state index contributed by atoms with van der Waals surface area (Å²) in [5.74, 6) is 0.898. The third-order valence-electron chi connectivity index (χ3n) is 2.21. The summed E-state index contributed by atoms with van der Waals surface area (Å²) in [4.78, 5) is 2.18. The Labute approximate surface area is 105 Å². The van der Waals surface area contributed by atoms with Crippen molar-refractivity contribution in [3.8, 4) is 5.75 Å². The molecule has 4 heteroatoms. The van der Waals surface area contributed by atoms with Crippen LogP contribution in [0.3, 0.4) is 0 Å². The number of rotatable bonds is 7. The molecule has 0 bridgehead atoms. The maximum Gasteiger partial charge on any atom is 0.120 e. The predicted octanol–water partition coefficient (Wildman–Crippen LogP) is 2.41. The normalized spacial score (nSPS) is 10.8. The van der Waals surface area contributed by atoms with E-state index < -0.39 is 0 Å². The van der Waals surface area contributed by atoms with E-state index in [0.717, 1.165) is 29.9 Å². The first kappa shape index (κ1) is 13.5. The molecule has 0 aromatic heterocycles. The molecule has 0 saturated carbocycles. The van der Waals surface area contributed by atoms with E-state index in [1.165, 1.54) is 0 Å². The third-order valence-corrected chi connectivity index (χ3v) is 2.71. The first-order valence-corrected chi connectivity index (χ1v) is 6.07. The molecule has 0 heterocycles. The minimum absolute atomic E-state index is 0.691. The van der Waals surface area contributed by atoms with Crippen molar-refractivity contribution < 1.29 is 9.47 Å². The van der Waals surface area contributed by atoms with E-state index in [1.807, 2.05) is 24.3 Å². The molecule has 0 aliphatic heterocycles. The molecule has 16 heavy (non-hydrogen) atoms. The first-order valence-electron chi connectivity index (χ1n) is 5.28. The molecule has 0 spiro atoms. The van der Waals surface area contributed by atoms with E-state index in [4.69, 9.17) is 9.47 Å². The molecule has 0 atom stereocenters. The molecule has 0 N–H and O–H groups in total. The van der Waals surface area contributed by atoms with Gasteiger partial charge in [0.15, 0.2) is 0 Å². The van der Waals surface area contributed by atoms with E-state index >= 15 is 0 Å². The monoisotopic (exact) mass is 287 g/mol. The standard InChI is InChI=1S/C12H18BrNO2/c1-14(6-8-15-2)7-9-16-12-5-3-4-11(13)10-12/h3-5,10H,6-9H2,1-2H3. The highest BCUT2D eigenvalue weighted by atomic mass is 79.9. The quantitative estimate of drug-likeness (QED) is 0.769. The van der Waals surface area contributed by atoms with Gasteiger partial charge in [0, 0.05) is 24.7 Å². The molecular weight excluding hydrogens is 270 g/mol. The summed E-state index contributed by atoms with van der Waals surface area (Å²) in [6.07, 6.45) is 0. The van der Waals surface area contributed by atoms with Crippen LogP contribution in [0.1, 0.15) is 0 Å². The van der Waals surface area contributed by atoms with Crippen LogP contribution in [0.4, 0.5) is 0 Å². The Morgan fingerprint density at radius 1 is 1.25 bits per heavy atom. The van der Waals surface area contributed by atoms with Crippen LogP contribution in [0.5, 0.6) is 5.75 Å². The second-order valence-corrected chi connectivity index (χ2v) is 4.52. The van der Waals surface area contributed by atoms with Gasteiger partial charge in [0.2, 0.25) is 0 Å². The van der Waals surface area contributed by atoms with E-state index in [9.17, 15) is 0 Å². The largest absolute Gasteiger partial charge is 0.492 e. The molecule has 90 valence electrons. The Morgan fingerprint density at radius 2 is 2.00 bits per heavy atom. The van der Waals surface area contributed by atoms with Crippen LogP contribution in [0.15, 0.2) is 28.7 Å². The highest BCUT2D eigenvalue weighted by molar-refractivity contribution is 9.10. The number of methoxy groups -OCH3 is 1. The summed E-state index contributed by atoms with van der Waals surface area (Å²) in [7, 11) is 3.77. The Balaban J connectivity index is 2.20. The molecular formula is C12H18BrNO2. The average Bonchev–Trinajstić information content (AvgIpc) is 2.26. The topological polar surface area (TPSA) is 21.7 Å². The molecule has 0 fully saturated rings. The van der Waals surface area contributed by atoms with Gasteiger partial charge in [0.05, 0.1) is 6.61 Å². The minimum Gasteiger partial charge on any atom is -0.492 e. The molecule has 0 unspecified atom stereocenters.